The molecule has 18 heavy (non-hydrogen) atoms. The third kappa shape index (κ3) is 5.97. The van der Waals surface area contributed by atoms with Crippen LogP contribution in [-0.4, -0.2) is 8.42 Å². The van der Waals surface area contributed by atoms with Crippen LogP contribution >= 0.6 is 0 Å². The van der Waals surface area contributed by atoms with E-state index in [9.17, 15) is 12.8 Å². The van der Waals surface area contributed by atoms with Crippen molar-refractivity contribution in [2.75, 3.05) is 4.72 Å². The highest BCUT2D eigenvalue weighted by Crippen LogP contribution is 2.12. The Morgan fingerprint density at radius 1 is 0.889 bits per heavy atom. The Balaban J connectivity index is 0.000000225. The third-order valence-corrected chi connectivity index (χ3v) is 2.30. The Hall–Kier alpha value is -1.92. The van der Waals surface area contributed by atoms with E-state index in [0.717, 1.165) is 6.07 Å². The molecule has 0 heterocycles. The molecule has 96 valence electrons. The molecule has 0 saturated heterocycles. The molecule has 0 aromatic heterocycles. The maximum Gasteiger partial charge on any atom is 0.296 e. The van der Waals surface area contributed by atoms with Crippen LogP contribution in [-0.2, 0) is 10.2 Å². The van der Waals surface area contributed by atoms with Gasteiger partial charge in [-0.25, -0.2) is 9.53 Å². The molecule has 0 unspecified atom stereocenters. The molecule has 6 heteroatoms. The van der Waals surface area contributed by atoms with Gasteiger partial charge >= 0.3 is 0 Å². The SMILES string of the molecule is NS(=O)(=O)Nc1ccccc1F.c1ccccc1. The lowest BCUT2D eigenvalue weighted by atomic mass is 10.3. The van der Waals surface area contributed by atoms with Crippen LogP contribution in [0.2, 0.25) is 0 Å². The maximum absolute atomic E-state index is 12.7. The molecule has 0 saturated carbocycles. The fourth-order valence-corrected chi connectivity index (χ4v) is 1.55. The van der Waals surface area contributed by atoms with E-state index in [2.05, 4.69) is 5.14 Å². The van der Waals surface area contributed by atoms with Crippen LogP contribution < -0.4 is 9.86 Å². The molecular formula is C12H13FN2O2S. The molecule has 2 rings (SSSR count). The van der Waals surface area contributed by atoms with E-state index < -0.39 is 16.0 Å². The number of halogens is 1. The Bertz CT molecular complexity index is 547. The fourth-order valence-electron chi connectivity index (χ4n) is 1.08. The van der Waals surface area contributed by atoms with Gasteiger partial charge in [-0.1, -0.05) is 48.5 Å². The summed E-state index contributed by atoms with van der Waals surface area (Å²) in [6, 6.07) is 17.4. The molecule has 2 aromatic carbocycles. The van der Waals surface area contributed by atoms with Crippen molar-refractivity contribution in [3.8, 4) is 0 Å². The smallest absolute Gasteiger partial charge is 0.268 e. The van der Waals surface area contributed by atoms with E-state index >= 15 is 0 Å². The number of nitrogens with one attached hydrogen (secondary N) is 1. The molecule has 4 nitrogen and oxygen atoms in total. The van der Waals surface area contributed by atoms with E-state index in [1.165, 1.54) is 18.2 Å². The van der Waals surface area contributed by atoms with Crippen molar-refractivity contribution in [3.63, 3.8) is 0 Å². The summed E-state index contributed by atoms with van der Waals surface area (Å²) in [6.45, 7) is 0. The minimum Gasteiger partial charge on any atom is -0.268 e. The summed E-state index contributed by atoms with van der Waals surface area (Å²) in [5.74, 6) is -0.661. The predicted octanol–water partition coefficient (Wildman–Crippen LogP) is 2.13. The number of anilines is 1. The lowest BCUT2D eigenvalue weighted by Crippen LogP contribution is -2.22. The van der Waals surface area contributed by atoms with Crippen molar-refractivity contribution < 1.29 is 12.8 Å². The second-order valence-corrected chi connectivity index (χ2v) is 4.58. The number of benzene rings is 2. The van der Waals surface area contributed by atoms with Gasteiger partial charge in [0.1, 0.15) is 5.82 Å². The minimum atomic E-state index is -3.89. The molecule has 0 spiro atoms. The molecule has 0 aliphatic heterocycles. The Labute approximate surface area is 105 Å². The van der Waals surface area contributed by atoms with Crippen LogP contribution in [0, 0.1) is 5.82 Å². The summed E-state index contributed by atoms with van der Waals surface area (Å²) in [5, 5.41) is 4.63. The number of nitrogens with two attached hydrogens (primary N) is 1. The molecule has 3 N–H and O–H groups in total. The normalized spacial score (nSPS) is 10.1. The van der Waals surface area contributed by atoms with Crippen LogP contribution in [0.4, 0.5) is 10.1 Å². The quantitative estimate of drug-likeness (QED) is 0.875. The summed E-state index contributed by atoms with van der Waals surface area (Å²) in [5.41, 5.74) is -0.153. The van der Waals surface area contributed by atoms with Gasteiger partial charge in [0.15, 0.2) is 0 Å². The van der Waals surface area contributed by atoms with Gasteiger partial charge in [0, 0.05) is 0 Å². The van der Waals surface area contributed by atoms with Crippen molar-refractivity contribution in [3.05, 3.63) is 66.5 Å². The first kappa shape index (κ1) is 14.1. The largest absolute Gasteiger partial charge is 0.296 e. The molecule has 0 bridgehead atoms. The zero-order chi connectivity index (χ0) is 13.4. The van der Waals surface area contributed by atoms with Crippen LogP contribution in [0.15, 0.2) is 60.7 Å². The van der Waals surface area contributed by atoms with Gasteiger partial charge in [-0.2, -0.15) is 8.42 Å². The molecule has 2 aromatic rings. The first-order valence-corrected chi connectivity index (χ1v) is 6.59. The summed E-state index contributed by atoms with van der Waals surface area (Å²) in [7, 11) is -3.89. The fraction of sp³-hybridized carbons (Fsp3) is 0. The summed E-state index contributed by atoms with van der Waals surface area (Å²) < 4.78 is 35.5. The average Bonchev–Trinajstić information content (AvgIpc) is 2.34. The minimum absolute atomic E-state index is 0.153. The van der Waals surface area contributed by atoms with Gasteiger partial charge in [-0.3, -0.25) is 4.72 Å². The molecule has 0 atom stereocenters. The second kappa shape index (κ2) is 6.73. The highest BCUT2D eigenvalue weighted by molar-refractivity contribution is 7.90. The molecular weight excluding hydrogens is 255 g/mol. The number of hydrogen-bond acceptors (Lipinski definition) is 2. The van der Waals surface area contributed by atoms with Crippen molar-refractivity contribution in [1.82, 2.24) is 0 Å². The van der Waals surface area contributed by atoms with Crippen molar-refractivity contribution in [2.24, 2.45) is 5.14 Å². The highest BCUT2D eigenvalue weighted by Gasteiger charge is 2.05. The highest BCUT2D eigenvalue weighted by atomic mass is 32.2. The Morgan fingerprint density at radius 3 is 1.72 bits per heavy atom. The van der Waals surface area contributed by atoms with E-state index in [1.807, 2.05) is 41.1 Å². The monoisotopic (exact) mass is 268 g/mol. The lowest BCUT2D eigenvalue weighted by Gasteiger charge is -2.02. The number of hydrogen-bond donors (Lipinski definition) is 2. The molecule has 0 aliphatic rings. The van der Waals surface area contributed by atoms with Crippen LogP contribution in [0.3, 0.4) is 0 Å². The maximum atomic E-state index is 12.7. The third-order valence-electron chi connectivity index (χ3n) is 1.79. The Morgan fingerprint density at radius 2 is 1.33 bits per heavy atom. The molecule has 0 radical (unpaired) electrons. The Kier molecular flexibility index (Phi) is 5.29. The van der Waals surface area contributed by atoms with Crippen molar-refractivity contribution in [2.45, 2.75) is 0 Å². The second-order valence-electron chi connectivity index (χ2n) is 3.28. The van der Waals surface area contributed by atoms with Crippen LogP contribution in [0.5, 0.6) is 0 Å². The van der Waals surface area contributed by atoms with Crippen molar-refractivity contribution in [1.29, 1.82) is 0 Å². The number of rotatable bonds is 2. The van der Waals surface area contributed by atoms with E-state index in [1.54, 1.807) is 0 Å². The van der Waals surface area contributed by atoms with E-state index in [-0.39, 0.29) is 5.69 Å². The summed E-state index contributed by atoms with van der Waals surface area (Å²) in [6.07, 6.45) is 0. The molecule has 0 amide bonds. The van der Waals surface area contributed by atoms with Gasteiger partial charge in [0.25, 0.3) is 10.2 Å². The predicted molar refractivity (Wildman–Crippen MR) is 69.6 cm³/mol. The van der Waals surface area contributed by atoms with Gasteiger partial charge in [-0.15, -0.1) is 0 Å². The molecule has 0 aliphatic carbocycles. The zero-order valence-corrected chi connectivity index (χ0v) is 10.3. The van der Waals surface area contributed by atoms with Gasteiger partial charge < -0.3 is 0 Å². The first-order valence-electron chi connectivity index (χ1n) is 5.04. The lowest BCUT2D eigenvalue weighted by molar-refractivity contribution is 0.600. The average molecular weight is 268 g/mol. The van der Waals surface area contributed by atoms with Gasteiger partial charge in [0.2, 0.25) is 0 Å². The standard InChI is InChI=1S/C6H7FN2O2S.C6H6/c7-5-3-1-2-4-6(5)9-12(8,10)11;1-2-4-6-5-3-1/h1-4,9H,(H2,8,10,11);1-6H. The van der Waals surface area contributed by atoms with Crippen LogP contribution in [0.1, 0.15) is 0 Å². The molecule has 0 fully saturated rings. The van der Waals surface area contributed by atoms with Gasteiger partial charge in [0.05, 0.1) is 5.69 Å². The number of para-hydroxylation sites is 1. The van der Waals surface area contributed by atoms with E-state index in [0.29, 0.717) is 0 Å². The van der Waals surface area contributed by atoms with Crippen LogP contribution in [0.25, 0.3) is 0 Å². The topological polar surface area (TPSA) is 72.2 Å². The summed E-state index contributed by atoms with van der Waals surface area (Å²) in [4.78, 5) is 0. The van der Waals surface area contributed by atoms with Crippen molar-refractivity contribution >= 4 is 15.9 Å². The van der Waals surface area contributed by atoms with E-state index in [4.69, 9.17) is 0 Å². The zero-order valence-electron chi connectivity index (χ0n) is 9.45. The summed E-state index contributed by atoms with van der Waals surface area (Å²) >= 11 is 0. The first-order chi connectivity index (χ1) is 8.49. The van der Waals surface area contributed by atoms with Gasteiger partial charge in [-0.05, 0) is 12.1 Å².